The molecule has 9 heteroatoms. The zero-order chi connectivity index (χ0) is 12.7. The van der Waals surface area contributed by atoms with Gasteiger partial charge < -0.3 is 25.3 Å². The second kappa shape index (κ2) is 7.40. The zero-order valence-electron chi connectivity index (χ0n) is 9.75. The van der Waals surface area contributed by atoms with Gasteiger partial charge in [0, 0.05) is 52.4 Å². The van der Waals surface area contributed by atoms with Crippen molar-refractivity contribution < 1.29 is 19.2 Å². The van der Waals surface area contributed by atoms with Crippen LogP contribution in [-0.2, 0) is 4.57 Å². The van der Waals surface area contributed by atoms with E-state index >= 15 is 0 Å². The first-order valence-electron chi connectivity index (χ1n) is 5.66. The molecule has 0 unspecified atom stereocenters. The molecule has 0 atom stereocenters. The van der Waals surface area contributed by atoms with Gasteiger partial charge in [0.1, 0.15) is 0 Å². The largest absolute Gasteiger partial charge is 0.466 e. The molecule has 17 heavy (non-hydrogen) atoms. The van der Waals surface area contributed by atoms with Crippen molar-refractivity contribution in [1.82, 2.24) is 20.7 Å². The van der Waals surface area contributed by atoms with Crippen LogP contribution in [0.4, 0.5) is 0 Å². The molecule has 0 aromatic carbocycles. The van der Waals surface area contributed by atoms with E-state index in [-0.39, 0.29) is 0 Å². The van der Waals surface area contributed by atoms with Gasteiger partial charge in [-0.05, 0) is 0 Å². The van der Waals surface area contributed by atoms with Crippen molar-refractivity contribution in [3.05, 3.63) is 0 Å². The van der Waals surface area contributed by atoms with Crippen molar-refractivity contribution in [3.8, 4) is 0 Å². The molecule has 5 N–H and O–H groups in total. The molecular weight excluding hydrogens is 247 g/mol. The molecule has 8 nitrogen and oxygen atoms in total. The molecule has 102 valence electrons. The third kappa shape index (κ3) is 7.80. The van der Waals surface area contributed by atoms with Crippen LogP contribution < -0.4 is 10.6 Å². The average Bonchev–Trinajstić information content (AvgIpc) is 2.29. The Morgan fingerprint density at radius 2 is 1.00 bits per heavy atom. The van der Waals surface area contributed by atoms with Crippen LogP contribution in [0, 0.1) is 0 Å². The van der Waals surface area contributed by atoms with Crippen molar-refractivity contribution in [2.45, 2.75) is 0 Å². The summed E-state index contributed by atoms with van der Waals surface area (Å²) in [6.45, 7) is 9.29. The summed E-state index contributed by atoms with van der Waals surface area (Å²) in [5, 5.41) is 11.7. The Hall–Kier alpha value is -0.0500. The number of hydrogen-bond acceptors (Lipinski definition) is 5. The molecule has 2 heterocycles. The third-order valence-electron chi connectivity index (χ3n) is 2.59. The van der Waals surface area contributed by atoms with Crippen LogP contribution in [-0.4, -0.2) is 77.1 Å². The Morgan fingerprint density at radius 3 is 1.24 bits per heavy atom. The van der Waals surface area contributed by atoms with Crippen LogP contribution >= 0.6 is 7.82 Å². The van der Waals surface area contributed by atoms with E-state index < -0.39 is 7.82 Å². The number of hydrogen-bond donors (Lipinski definition) is 5. The number of nitrogens with zero attached hydrogens (tertiary/aromatic N) is 2. The molecular formula is C8H21N4O4P. The molecule has 0 aromatic heterocycles. The summed E-state index contributed by atoms with van der Waals surface area (Å²) in [7, 11) is -4.64. The summed E-state index contributed by atoms with van der Waals surface area (Å²) >= 11 is 0. The molecule has 0 aromatic rings. The van der Waals surface area contributed by atoms with E-state index in [0.29, 0.717) is 0 Å². The van der Waals surface area contributed by atoms with Gasteiger partial charge in [0.15, 0.2) is 0 Å². The Labute approximate surface area is 101 Å². The lowest BCUT2D eigenvalue weighted by molar-refractivity contribution is -0.0417. The lowest BCUT2D eigenvalue weighted by atomic mass is 10.4. The van der Waals surface area contributed by atoms with E-state index in [0.717, 1.165) is 26.2 Å². The fourth-order valence-corrected chi connectivity index (χ4v) is 1.87. The van der Waals surface area contributed by atoms with Gasteiger partial charge in [-0.3, -0.25) is 0 Å². The fourth-order valence-electron chi connectivity index (χ4n) is 1.87. The minimum atomic E-state index is -4.64. The van der Waals surface area contributed by atoms with Crippen LogP contribution in [0.15, 0.2) is 0 Å². The van der Waals surface area contributed by atoms with Gasteiger partial charge in [-0.2, -0.15) is 0 Å². The van der Waals surface area contributed by atoms with E-state index in [9.17, 15) is 0 Å². The predicted octanol–water partition coefficient (Wildman–Crippen LogP) is -2.22. The van der Waals surface area contributed by atoms with Crippen LogP contribution in [0.2, 0.25) is 0 Å². The molecule has 2 saturated heterocycles. The van der Waals surface area contributed by atoms with E-state index in [1.807, 2.05) is 0 Å². The second-order valence-electron chi connectivity index (χ2n) is 3.92. The molecule has 0 aliphatic carbocycles. The Morgan fingerprint density at radius 1 is 0.765 bits per heavy atom. The minimum absolute atomic E-state index is 1.14. The Kier molecular flexibility index (Phi) is 6.53. The van der Waals surface area contributed by atoms with Gasteiger partial charge in [0.05, 0.1) is 0 Å². The van der Waals surface area contributed by atoms with Gasteiger partial charge in [-0.1, -0.05) is 0 Å². The highest BCUT2D eigenvalue weighted by Crippen LogP contribution is 2.25. The van der Waals surface area contributed by atoms with Gasteiger partial charge in [-0.15, -0.1) is 0 Å². The van der Waals surface area contributed by atoms with E-state index in [1.165, 1.54) is 26.2 Å². The summed E-state index contributed by atoms with van der Waals surface area (Å²) in [6.07, 6.45) is 0. The summed E-state index contributed by atoms with van der Waals surface area (Å²) in [5.74, 6) is 0. The molecule has 0 spiro atoms. The first-order chi connectivity index (χ1) is 7.97. The summed E-state index contributed by atoms with van der Waals surface area (Å²) < 4.78 is 8.88. The van der Waals surface area contributed by atoms with Gasteiger partial charge in [0.2, 0.25) is 0 Å². The first-order valence-corrected chi connectivity index (χ1v) is 7.23. The highest BCUT2D eigenvalue weighted by molar-refractivity contribution is 7.45. The van der Waals surface area contributed by atoms with E-state index in [4.69, 9.17) is 19.2 Å². The topological polar surface area (TPSA) is 108 Å². The molecule has 0 saturated carbocycles. The SMILES string of the molecule is C1CN(N2CCNCC2)CCN1.O=P(O)(O)O. The quantitative estimate of drug-likeness (QED) is 0.340. The number of hydrazine groups is 1. The molecule has 2 rings (SSSR count). The van der Waals surface area contributed by atoms with Crippen molar-refractivity contribution in [2.24, 2.45) is 0 Å². The highest BCUT2D eigenvalue weighted by atomic mass is 31.2. The molecule has 0 bridgehead atoms. The van der Waals surface area contributed by atoms with Crippen LogP contribution in [0.25, 0.3) is 0 Å². The Balaban J connectivity index is 0.000000249. The normalized spacial score (nSPS) is 23.9. The summed E-state index contributed by atoms with van der Waals surface area (Å²) in [6, 6.07) is 0. The lowest BCUT2D eigenvalue weighted by Gasteiger charge is -2.39. The van der Waals surface area contributed by atoms with Crippen molar-refractivity contribution in [3.63, 3.8) is 0 Å². The number of nitrogens with one attached hydrogen (secondary N) is 2. The van der Waals surface area contributed by atoms with Crippen LogP contribution in [0.3, 0.4) is 0 Å². The van der Waals surface area contributed by atoms with Crippen molar-refractivity contribution in [1.29, 1.82) is 0 Å². The molecule has 2 aliphatic heterocycles. The lowest BCUT2D eigenvalue weighted by Crippen LogP contribution is -2.57. The maximum atomic E-state index is 8.88. The van der Waals surface area contributed by atoms with Gasteiger partial charge in [0.25, 0.3) is 0 Å². The Bertz CT molecular complexity index is 226. The minimum Gasteiger partial charge on any atom is -0.314 e. The van der Waals surface area contributed by atoms with E-state index in [1.54, 1.807) is 0 Å². The van der Waals surface area contributed by atoms with Crippen molar-refractivity contribution >= 4 is 7.82 Å². The summed E-state index contributed by atoms with van der Waals surface area (Å²) in [4.78, 5) is 21.6. The maximum Gasteiger partial charge on any atom is 0.466 e. The predicted molar refractivity (Wildman–Crippen MR) is 63.1 cm³/mol. The third-order valence-corrected chi connectivity index (χ3v) is 2.59. The molecule has 2 fully saturated rings. The van der Waals surface area contributed by atoms with Gasteiger partial charge >= 0.3 is 7.82 Å². The first kappa shape index (κ1) is 15.0. The van der Waals surface area contributed by atoms with Crippen LogP contribution in [0.5, 0.6) is 0 Å². The standard InChI is InChI=1S/C8H18N4.H3O4P/c1-5-11(6-2-9-1)12-7-3-10-4-8-12;1-5(2,3)4/h9-10H,1-8H2;(H3,1,2,3,4). The molecule has 2 aliphatic rings. The highest BCUT2D eigenvalue weighted by Gasteiger charge is 2.18. The number of phosphoric acid groups is 1. The fraction of sp³-hybridized carbons (Fsp3) is 1.00. The van der Waals surface area contributed by atoms with Crippen LogP contribution in [0.1, 0.15) is 0 Å². The summed E-state index contributed by atoms with van der Waals surface area (Å²) in [5.41, 5.74) is 0. The number of piperazine rings is 2. The number of rotatable bonds is 1. The molecule has 0 amide bonds. The second-order valence-corrected chi connectivity index (χ2v) is 4.95. The average molecular weight is 268 g/mol. The maximum absolute atomic E-state index is 8.88. The smallest absolute Gasteiger partial charge is 0.314 e. The van der Waals surface area contributed by atoms with E-state index in [2.05, 4.69) is 20.7 Å². The monoisotopic (exact) mass is 268 g/mol. The van der Waals surface area contributed by atoms with Gasteiger partial charge in [-0.25, -0.2) is 14.6 Å². The van der Waals surface area contributed by atoms with Crippen molar-refractivity contribution in [2.75, 3.05) is 52.4 Å². The zero-order valence-corrected chi connectivity index (χ0v) is 10.6. The molecule has 0 radical (unpaired) electrons.